The van der Waals surface area contributed by atoms with Crippen LogP contribution in [0.4, 0.5) is 0 Å². The van der Waals surface area contributed by atoms with Gasteiger partial charge in [0.25, 0.3) is 0 Å². The third kappa shape index (κ3) is 5.98. The lowest BCUT2D eigenvalue weighted by Crippen LogP contribution is -2.55. The van der Waals surface area contributed by atoms with Gasteiger partial charge >= 0.3 is 0 Å². The summed E-state index contributed by atoms with van der Waals surface area (Å²) in [5.74, 6) is -1.34. The summed E-state index contributed by atoms with van der Waals surface area (Å²) in [5, 5.41) is 3.59. The van der Waals surface area contributed by atoms with Crippen LogP contribution < -0.4 is 5.32 Å². The lowest BCUT2D eigenvalue weighted by atomic mass is 9.96. The molecule has 3 saturated heterocycles. The van der Waals surface area contributed by atoms with Crippen molar-refractivity contribution in [2.24, 2.45) is 0 Å². The lowest BCUT2D eigenvalue weighted by Gasteiger charge is -2.33. The molecule has 0 spiro atoms. The molecule has 0 bridgehead atoms. The van der Waals surface area contributed by atoms with Crippen molar-refractivity contribution in [3.05, 3.63) is 0 Å². The van der Waals surface area contributed by atoms with E-state index in [1.807, 2.05) is 13.8 Å². The van der Waals surface area contributed by atoms with Crippen molar-refractivity contribution in [2.75, 3.05) is 13.2 Å². The molecule has 0 saturated carbocycles. The van der Waals surface area contributed by atoms with E-state index in [4.69, 9.17) is 18.9 Å². The van der Waals surface area contributed by atoms with Gasteiger partial charge in [0.2, 0.25) is 5.79 Å². The van der Waals surface area contributed by atoms with Crippen LogP contribution in [-0.4, -0.2) is 49.1 Å². The Balaban J connectivity index is 1.40. The molecule has 3 fully saturated rings. The second kappa shape index (κ2) is 11.6. The van der Waals surface area contributed by atoms with Crippen molar-refractivity contribution in [1.82, 2.24) is 5.32 Å². The Labute approximate surface area is 184 Å². The summed E-state index contributed by atoms with van der Waals surface area (Å²) in [6, 6.07) is 0.184. The first kappa shape index (κ1) is 24.4. The zero-order valence-corrected chi connectivity index (χ0v) is 20.0. The molecule has 0 aromatic heterocycles. The van der Waals surface area contributed by atoms with E-state index in [0.717, 1.165) is 38.8 Å². The average molecular weight is 426 g/mol. The molecule has 3 heterocycles. The van der Waals surface area contributed by atoms with Gasteiger partial charge in [-0.3, -0.25) is 0 Å². The zero-order valence-electron chi connectivity index (χ0n) is 20.0. The fraction of sp³-hybridized carbons (Fsp3) is 1.00. The Morgan fingerprint density at radius 3 is 2.17 bits per heavy atom. The second-order valence-electron chi connectivity index (χ2n) is 9.99. The first-order valence-corrected chi connectivity index (χ1v) is 12.9. The van der Waals surface area contributed by atoms with Crippen LogP contribution in [0.1, 0.15) is 111 Å². The standard InChI is InChI=1S/C25H47NO4/c1-5-7-8-9-10-11-12-13-14-15-19-27-22-20(6-2)28-25(21-17-16-18-26-21)23(22)29-24(3,4)30-25/h20-23,26H,5-19H2,1-4H3/t20-,21?,22+,23-,25-/m1/s1. The van der Waals surface area contributed by atoms with Crippen molar-refractivity contribution in [1.29, 1.82) is 0 Å². The summed E-state index contributed by atoms with van der Waals surface area (Å²) in [4.78, 5) is 0. The minimum Gasteiger partial charge on any atom is -0.373 e. The van der Waals surface area contributed by atoms with Crippen LogP contribution in [0.2, 0.25) is 0 Å². The minimum absolute atomic E-state index is 0.0385. The summed E-state index contributed by atoms with van der Waals surface area (Å²) in [7, 11) is 0. The van der Waals surface area contributed by atoms with Gasteiger partial charge in [-0.15, -0.1) is 0 Å². The smallest absolute Gasteiger partial charge is 0.216 e. The molecule has 0 aromatic rings. The van der Waals surface area contributed by atoms with Gasteiger partial charge in [-0.25, -0.2) is 0 Å². The predicted octanol–water partition coefficient (Wildman–Crippen LogP) is 5.70. The first-order chi connectivity index (χ1) is 14.5. The quantitative estimate of drug-likeness (QED) is 0.362. The number of unbranched alkanes of at least 4 members (excludes halogenated alkanes) is 9. The molecule has 5 nitrogen and oxygen atoms in total. The molecule has 30 heavy (non-hydrogen) atoms. The molecule has 3 rings (SSSR count). The van der Waals surface area contributed by atoms with Crippen LogP contribution in [-0.2, 0) is 18.9 Å². The highest BCUT2D eigenvalue weighted by Crippen LogP contribution is 2.50. The van der Waals surface area contributed by atoms with Crippen molar-refractivity contribution in [2.45, 2.75) is 147 Å². The highest BCUT2D eigenvalue weighted by molar-refractivity contribution is 5.09. The summed E-state index contributed by atoms with van der Waals surface area (Å²) in [6.07, 6.45) is 16.4. The van der Waals surface area contributed by atoms with Crippen molar-refractivity contribution in [3.63, 3.8) is 0 Å². The molecule has 5 heteroatoms. The number of hydrogen-bond acceptors (Lipinski definition) is 5. The number of hydrogen-bond donors (Lipinski definition) is 1. The number of nitrogens with one attached hydrogen (secondary N) is 1. The molecule has 0 aromatic carbocycles. The SMILES string of the molecule is CCCCCCCCCCCCO[C@@H]1[C@H]2OC(C)(C)O[C@@]2(C2CCCN2)O[C@@H]1CC. The van der Waals surface area contributed by atoms with Crippen molar-refractivity contribution in [3.8, 4) is 0 Å². The van der Waals surface area contributed by atoms with E-state index in [9.17, 15) is 0 Å². The Morgan fingerprint density at radius 2 is 1.57 bits per heavy atom. The predicted molar refractivity (Wildman–Crippen MR) is 121 cm³/mol. The van der Waals surface area contributed by atoms with Gasteiger partial charge in [-0.05, 0) is 46.1 Å². The number of rotatable bonds is 14. The number of fused-ring (bicyclic) bond motifs is 1. The van der Waals surface area contributed by atoms with Gasteiger partial charge in [0, 0.05) is 6.61 Å². The van der Waals surface area contributed by atoms with Gasteiger partial charge < -0.3 is 24.3 Å². The van der Waals surface area contributed by atoms with Crippen LogP contribution in [0, 0.1) is 0 Å². The van der Waals surface area contributed by atoms with Crippen molar-refractivity contribution >= 4 is 0 Å². The highest BCUT2D eigenvalue weighted by Gasteiger charge is 2.68. The Morgan fingerprint density at radius 1 is 0.900 bits per heavy atom. The topological polar surface area (TPSA) is 49.0 Å². The summed E-state index contributed by atoms with van der Waals surface area (Å²) < 4.78 is 25.8. The molecular formula is C25H47NO4. The third-order valence-electron chi connectivity index (χ3n) is 6.97. The first-order valence-electron chi connectivity index (χ1n) is 12.9. The van der Waals surface area contributed by atoms with Gasteiger partial charge in [-0.2, -0.15) is 0 Å². The van der Waals surface area contributed by atoms with Gasteiger partial charge in [0.05, 0.1) is 12.1 Å². The Kier molecular flexibility index (Phi) is 9.45. The van der Waals surface area contributed by atoms with E-state index in [1.165, 1.54) is 57.8 Å². The molecule has 1 unspecified atom stereocenters. The van der Waals surface area contributed by atoms with Gasteiger partial charge in [-0.1, -0.05) is 71.6 Å². The monoisotopic (exact) mass is 425 g/mol. The maximum atomic E-state index is 6.57. The minimum atomic E-state index is -0.705. The maximum Gasteiger partial charge on any atom is 0.216 e. The normalized spacial score (nSPS) is 35.2. The Bertz CT molecular complexity index is 494. The largest absolute Gasteiger partial charge is 0.373 e. The van der Waals surface area contributed by atoms with Crippen LogP contribution in [0.15, 0.2) is 0 Å². The van der Waals surface area contributed by atoms with Crippen LogP contribution in [0.3, 0.4) is 0 Å². The van der Waals surface area contributed by atoms with Crippen molar-refractivity contribution < 1.29 is 18.9 Å². The molecule has 3 aliphatic heterocycles. The van der Waals surface area contributed by atoms with Gasteiger partial charge in [0.1, 0.15) is 12.2 Å². The van der Waals surface area contributed by atoms with E-state index < -0.39 is 11.6 Å². The summed E-state index contributed by atoms with van der Waals surface area (Å²) >= 11 is 0. The summed E-state index contributed by atoms with van der Waals surface area (Å²) in [6.45, 7) is 10.2. The Hall–Kier alpha value is -0.200. The maximum absolute atomic E-state index is 6.57. The third-order valence-corrected chi connectivity index (χ3v) is 6.97. The average Bonchev–Trinajstić information content (AvgIpc) is 3.40. The fourth-order valence-electron chi connectivity index (χ4n) is 5.44. The second-order valence-corrected chi connectivity index (χ2v) is 9.99. The van der Waals surface area contributed by atoms with E-state index in [0.29, 0.717) is 0 Å². The lowest BCUT2D eigenvalue weighted by molar-refractivity contribution is -0.273. The summed E-state index contributed by atoms with van der Waals surface area (Å²) in [5.41, 5.74) is 0. The molecular weight excluding hydrogens is 378 g/mol. The number of ether oxygens (including phenoxy) is 4. The van der Waals surface area contributed by atoms with Crippen LogP contribution in [0.25, 0.3) is 0 Å². The van der Waals surface area contributed by atoms with Crippen LogP contribution >= 0.6 is 0 Å². The molecule has 3 aliphatic rings. The van der Waals surface area contributed by atoms with E-state index >= 15 is 0 Å². The van der Waals surface area contributed by atoms with E-state index in [1.54, 1.807) is 0 Å². The van der Waals surface area contributed by atoms with Crippen LogP contribution in [0.5, 0.6) is 0 Å². The van der Waals surface area contributed by atoms with Gasteiger partial charge in [0.15, 0.2) is 5.79 Å². The molecule has 0 aliphatic carbocycles. The fourth-order valence-corrected chi connectivity index (χ4v) is 5.44. The molecule has 0 radical (unpaired) electrons. The molecule has 0 amide bonds. The highest BCUT2D eigenvalue weighted by atomic mass is 16.9. The molecule has 176 valence electrons. The molecule has 1 N–H and O–H groups in total. The molecule has 5 atom stereocenters. The van der Waals surface area contributed by atoms with E-state index in [-0.39, 0.29) is 24.4 Å². The zero-order chi connectivity index (χ0) is 21.5. The van der Waals surface area contributed by atoms with E-state index in [2.05, 4.69) is 19.2 Å².